The van der Waals surface area contributed by atoms with Crippen LogP contribution < -0.4 is 0 Å². The van der Waals surface area contributed by atoms with Crippen LogP contribution in [-0.4, -0.2) is 26.1 Å². The van der Waals surface area contributed by atoms with Crippen LogP contribution in [0.3, 0.4) is 0 Å². The largest absolute Gasteiger partial charge is 0.481 e. The second-order valence-corrected chi connectivity index (χ2v) is 6.21. The van der Waals surface area contributed by atoms with Gasteiger partial charge in [-0.05, 0) is 50.4 Å². The molecule has 5 heteroatoms. The van der Waals surface area contributed by atoms with E-state index in [9.17, 15) is 4.79 Å². The summed E-state index contributed by atoms with van der Waals surface area (Å²) in [5.74, 6) is 0.834. The average molecular weight is 279 g/mol. The Morgan fingerprint density at radius 1 is 1.35 bits per heavy atom. The maximum atomic E-state index is 10.4. The van der Waals surface area contributed by atoms with Crippen molar-refractivity contribution in [2.24, 2.45) is 11.8 Å². The Labute approximate surface area is 120 Å². The molecule has 1 aromatic heterocycles. The smallest absolute Gasteiger partial charge is 0.303 e. The average Bonchev–Trinajstić information content (AvgIpc) is 2.86. The quantitative estimate of drug-likeness (QED) is 0.813. The molecular formula is C15H25N3O2. The second-order valence-electron chi connectivity index (χ2n) is 6.21. The summed E-state index contributed by atoms with van der Waals surface area (Å²) >= 11 is 0. The molecule has 5 nitrogen and oxygen atoms in total. The first kappa shape index (κ1) is 15.0. The van der Waals surface area contributed by atoms with Crippen LogP contribution in [0.15, 0.2) is 6.20 Å². The summed E-state index contributed by atoms with van der Waals surface area (Å²) < 4.78 is 2.02. The number of aliphatic carboxylic acids is 1. The fourth-order valence-electron chi connectivity index (χ4n) is 2.95. The van der Waals surface area contributed by atoms with Gasteiger partial charge >= 0.3 is 5.97 Å². The number of aromatic nitrogens is 3. The van der Waals surface area contributed by atoms with E-state index in [1.807, 2.05) is 10.9 Å². The summed E-state index contributed by atoms with van der Waals surface area (Å²) in [4.78, 5) is 10.4. The molecule has 0 amide bonds. The number of hydrogen-bond donors (Lipinski definition) is 1. The van der Waals surface area contributed by atoms with Crippen LogP contribution >= 0.6 is 0 Å². The van der Waals surface area contributed by atoms with Gasteiger partial charge in [0, 0.05) is 12.6 Å². The van der Waals surface area contributed by atoms with Gasteiger partial charge in [-0.1, -0.05) is 19.1 Å². The molecule has 0 aromatic carbocycles. The first-order chi connectivity index (χ1) is 9.56. The van der Waals surface area contributed by atoms with Gasteiger partial charge in [-0.2, -0.15) is 0 Å². The molecule has 1 aliphatic carbocycles. The van der Waals surface area contributed by atoms with Gasteiger partial charge < -0.3 is 5.11 Å². The number of nitrogens with zero attached hydrogens (tertiary/aromatic N) is 3. The SMILES string of the molecule is CC1CCC(n2cc(CCCCC(=O)O)nn2)CC1C. The fourth-order valence-corrected chi connectivity index (χ4v) is 2.95. The molecule has 1 N–H and O–H groups in total. The number of carbonyl (C=O) groups is 1. The van der Waals surface area contributed by atoms with Crippen LogP contribution in [-0.2, 0) is 11.2 Å². The maximum absolute atomic E-state index is 10.4. The highest BCUT2D eigenvalue weighted by Crippen LogP contribution is 2.35. The van der Waals surface area contributed by atoms with Gasteiger partial charge in [0.2, 0.25) is 0 Å². The standard InChI is InChI=1S/C15H25N3O2/c1-11-7-8-14(9-12(11)2)18-10-13(16-17-18)5-3-4-6-15(19)20/h10-12,14H,3-9H2,1-2H3,(H,19,20). The fraction of sp³-hybridized carbons (Fsp3) is 0.800. The van der Waals surface area contributed by atoms with Crippen molar-refractivity contribution in [3.8, 4) is 0 Å². The Bertz CT molecular complexity index is 444. The molecule has 3 atom stereocenters. The summed E-state index contributed by atoms with van der Waals surface area (Å²) in [7, 11) is 0. The number of rotatable bonds is 6. The zero-order valence-corrected chi connectivity index (χ0v) is 12.5. The normalized spacial score (nSPS) is 26.6. The molecule has 3 unspecified atom stereocenters. The zero-order valence-electron chi connectivity index (χ0n) is 12.5. The van der Waals surface area contributed by atoms with Crippen molar-refractivity contribution >= 4 is 5.97 Å². The second kappa shape index (κ2) is 6.86. The summed E-state index contributed by atoms with van der Waals surface area (Å²) in [6.45, 7) is 4.65. The maximum Gasteiger partial charge on any atom is 0.303 e. The minimum Gasteiger partial charge on any atom is -0.481 e. The summed E-state index contributed by atoms with van der Waals surface area (Å²) in [6.07, 6.45) is 8.32. The van der Waals surface area contributed by atoms with Crippen molar-refractivity contribution in [2.45, 2.75) is 64.8 Å². The number of aryl methyl sites for hydroxylation is 1. The summed E-state index contributed by atoms with van der Waals surface area (Å²) in [6, 6.07) is 0.487. The number of carboxylic acid groups (broad SMARTS) is 1. The Morgan fingerprint density at radius 2 is 2.15 bits per heavy atom. The number of unbranched alkanes of at least 4 members (excludes halogenated alkanes) is 1. The Kier molecular flexibility index (Phi) is 5.15. The third-order valence-electron chi connectivity index (χ3n) is 4.58. The number of carboxylic acids is 1. The summed E-state index contributed by atoms with van der Waals surface area (Å²) in [5, 5.41) is 17.1. The molecule has 1 aromatic rings. The van der Waals surface area contributed by atoms with Crippen molar-refractivity contribution in [3.05, 3.63) is 11.9 Å². The van der Waals surface area contributed by atoms with Crippen molar-refractivity contribution < 1.29 is 9.90 Å². The van der Waals surface area contributed by atoms with Gasteiger partial charge in [-0.25, -0.2) is 4.68 Å². The molecule has 1 saturated carbocycles. The summed E-state index contributed by atoms with van der Waals surface area (Å²) in [5.41, 5.74) is 0.988. The third-order valence-corrected chi connectivity index (χ3v) is 4.58. The molecule has 0 saturated heterocycles. The molecule has 20 heavy (non-hydrogen) atoms. The lowest BCUT2D eigenvalue weighted by atomic mass is 9.79. The van der Waals surface area contributed by atoms with E-state index >= 15 is 0 Å². The Morgan fingerprint density at radius 3 is 2.85 bits per heavy atom. The van der Waals surface area contributed by atoms with E-state index < -0.39 is 5.97 Å². The van der Waals surface area contributed by atoms with E-state index in [1.54, 1.807) is 0 Å². The molecule has 0 spiro atoms. The third kappa shape index (κ3) is 4.05. The van der Waals surface area contributed by atoms with E-state index in [2.05, 4.69) is 24.2 Å². The van der Waals surface area contributed by atoms with Gasteiger partial charge in [-0.15, -0.1) is 5.10 Å². The predicted molar refractivity (Wildman–Crippen MR) is 76.4 cm³/mol. The lowest BCUT2D eigenvalue weighted by Crippen LogP contribution is -2.23. The van der Waals surface area contributed by atoms with Gasteiger partial charge in [-0.3, -0.25) is 4.79 Å². The Hall–Kier alpha value is -1.39. The van der Waals surface area contributed by atoms with Gasteiger partial charge in [0.15, 0.2) is 0 Å². The molecule has 1 heterocycles. The van der Waals surface area contributed by atoms with E-state index in [4.69, 9.17) is 5.11 Å². The highest BCUT2D eigenvalue weighted by atomic mass is 16.4. The van der Waals surface area contributed by atoms with Crippen LogP contribution in [0.25, 0.3) is 0 Å². The Balaban J connectivity index is 1.81. The minimum absolute atomic E-state index is 0.242. The van der Waals surface area contributed by atoms with E-state index in [-0.39, 0.29) is 6.42 Å². The van der Waals surface area contributed by atoms with Crippen LogP contribution in [0.5, 0.6) is 0 Å². The van der Waals surface area contributed by atoms with Gasteiger partial charge in [0.05, 0.1) is 11.7 Å². The predicted octanol–water partition coefficient (Wildman–Crippen LogP) is 3.07. The van der Waals surface area contributed by atoms with Crippen LogP contribution in [0, 0.1) is 11.8 Å². The minimum atomic E-state index is -0.723. The van der Waals surface area contributed by atoms with Gasteiger partial charge in [0.1, 0.15) is 0 Å². The van der Waals surface area contributed by atoms with E-state index in [0.717, 1.165) is 30.4 Å². The van der Waals surface area contributed by atoms with Crippen LogP contribution in [0.4, 0.5) is 0 Å². The zero-order chi connectivity index (χ0) is 14.5. The van der Waals surface area contributed by atoms with Crippen molar-refractivity contribution in [1.29, 1.82) is 0 Å². The molecule has 2 rings (SSSR count). The monoisotopic (exact) mass is 279 g/mol. The van der Waals surface area contributed by atoms with Crippen LogP contribution in [0.2, 0.25) is 0 Å². The van der Waals surface area contributed by atoms with E-state index in [1.165, 1.54) is 19.3 Å². The molecular weight excluding hydrogens is 254 g/mol. The van der Waals surface area contributed by atoms with Crippen molar-refractivity contribution in [1.82, 2.24) is 15.0 Å². The first-order valence-corrected chi connectivity index (χ1v) is 7.68. The lowest BCUT2D eigenvalue weighted by molar-refractivity contribution is -0.137. The molecule has 1 aliphatic rings. The van der Waals surface area contributed by atoms with E-state index in [0.29, 0.717) is 12.5 Å². The molecule has 0 radical (unpaired) electrons. The lowest BCUT2D eigenvalue weighted by Gasteiger charge is -2.31. The first-order valence-electron chi connectivity index (χ1n) is 7.68. The molecule has 0 bridgehead atoms. The highest BCUT2D eigenvalue weighted by Gasteiger charge is 2.26. The topological polar surface area (TPSA) is 68.0 Å². The molecule has 1 fully saturated rings. The molecule has 112 valence electrons. The van der Waals surface area contributed by atoms with Gasteiger partial charge in [0.25, 0.3) is 0 Å². The highest BCUT2D eigenvalue weighted by molar-refractivity contribution is 5.66. The molecule has 0 aliphatic heterocycles. The van der Waals surface area contributed by atoms with Crippen molar-refractivity contribution in [3.63, 3.8) is 0 Å². The van der Waals surface area contributed by atoms with Crippen molar-refractivity contribution in [2.75, 3.05) is 0 Å². The number of hydrogen-bond acceptors (Lipinski definition) is 3. The van der Waals surface area contributed by atoms with Crippen LogP contribution in [0.1, 0.15) is 64.1 Å².